The molecule has 0 spiro atoms. The van der Waals surface area contributed by atoms with Gasteiger partial charge in [0, 0.05) is 35.9 Å². The molecule has 134 valence electrons. The Labute approximate surface area is 150 Å². The van der Waals surface area contributed by atoms with Crippen molar-refractivity contribution in [1.29, 1.82) is 0 Å². The van der Waals surface area contributed by atoms with Crippen LogP contribution in [0.3, 0.4) is 0 Å². The minimum atomic E-state index is -0.321. The molecule has 0 bridgehead atoms. The lowest BCUT2D eigenvalue weighted by molar-refractivity contribution is 0.0419. The normalized spacial score (nSPS) is 23.4. The number of aryl methyl sites for hydroxylation is 1. The van der Waals surface area contributed by atoms with E-state index in [4.69, 9.17) is 9.15 Å². The zero-order chi connectivity index (χ0) is 17.4. The van der Waals surface area contributed by atoms with Crippen LogP contribution in [0.1, 0.15) is 35.4 Å². The quantitative estimate of drug-likeness (QED) is 0.823. The van der Waals surface area contributed by atoms with Crippen molar-refractivity contribution in [2.75, 3.05) is 24.7 Å². The third-order valence-corrected chi connectivity index (χ3v) is 6.27. The van der Waals surface area contributed by atoms with E-state index < -0.39 is 0 Å². The van der Waals surface area contributed by atoms with Gasteiger partial charge in [0.2, 0.25) is 0 Å². The molecule has 2 fully saturated rings. The van der Waals surface area contributed by atoms with Gasteiger partial charge in [0.1, 0.15) is 11.4 Å². The molecule has 0 aliphatic carbocycles. The Kier molecular flexibility index (Phi) is 4.73. The standard InChI is InChI=1S/C19H22FNO3S/c1-12-16-9-13(20)4-5-17(16)24-18(12)19(22)21(14-6-8-25-11-14)10-15-3-2-7-23-15/h4-5,9,14-15H,2-3,6-8,10-11H2,1H3. The fourth-order valence-corrected chi connectivity index (χ4v) is 4.93. The summed E-state index contributed by atoms with van der Waals surface area (Å²) in [5, 5.41) is 0.668. The summed E-state index contributed by atoms with van der Waals surface area (Å²) in [5.74, 6) is 1.93. The summed E-state index contributed by atoms with van der Waals surface area (Å²) in [6.07, 6.45) is 3.15. The van der Waals surface area contributed by atoms with Crippen LogP contribution in [0.25, 0.3) is 11.0 Å². The van der Waals surface area contributed by atoms with Crippen molar-refractivity contribution in [3.8, 4) is 0 Å². The molecule has 4 rings (SSSR count). The van der Waals surface area contributed by atoms with Gasteiger partial charge in [-0.05, 0) is 50.1 Å². The summed E-state index contributed by atoms with van der Waals surface area (Å²) in [6.45, 7) is 3.20. The minimum Gasteiger partial charge on any atom is -0.451 e. The number of ether oxygens (including phenoxy) is 1. The fourth-order valence-electron chi connectivity index (χ4n) is 3.70. The summed E-state index contributed by atoms with van der Waals surface area (Å²) < 4.78 is 25.1. The van der Waals surface area contributed by atoms with Crippen molar-refractivity contribution >= 4 is 28.6 Å². The molecule has 25 heavy (non-hydrogen) atoms. The molecule has 3 heterocycles. The predicted molar refractivity (Wildman–Crippen MR) is 96.6 cm³/mol. The van der Waals surface area contributed by atoms with E-state index in [1.54, 1.807) is 6.07 Å². The third kappa shape index (κ3) is 3.29. The number of halogens is 1. The second kappa shape index (κ2) is 7.00. The van der Waals surface area contributed by atoms with Crippen LogP contribution >= 0.6 is 11.8 Å². The number of amides is 1. The lowest BCUT2D eigenvalue weighted by Gasteiger charge is -2.30. The zero-order valence-corrected chi connectivity index (χ0v) is 15.1. The number of benzene rings is 1. The molecule has 4 nitrogen and oxygen atoms in total. The molecule has 2 unspecified atom stereocenters. The largest absolute Gasteiger partial charge is 0.451 e. The highest BCUT2D eigenvalue weighted by molar-refractivity contribution is 7.99. The van der Waals surface area contributed by atoms with Gasteiger partial charge in [-0.2, -0.15) is 11.8 Å². The van der Waals surface area contributed by atoms with E-state index in [2.05, 4.69) is 0 Å². The molecule has 2 atom stereocenters. The van der Waals surface area contributed by atoms with E-state index in [9.17, 15) is 9.18 Å². The monoisotopic (exact) mass is 363 g/mol. The Bertz CT molecular complexity index is 778. The van der Waals surface area contributed by atoms with Crippen LogP contribution < -0.4 is 0 Å². The Morgan fingerprint density at radius 1 is 1.40 bits per heavy atom. The van der Waals surface area contributed by atoms with E-state index in [1.807, 2.05) is 23.6 Å². The van der Waals surface area contributed by atoms with Gasteiger partial charge < -0.3 is 14.1 Å². The Hall–Kier alpha value is -1.53. The molecule has 2 aromatic rings. The SMILES string of the molecule is Cc1c(C(=O)N(CC2CCCO2)C2CCSC2)oc2ccc(F)cc12. The molecule has 1 amide bonds. The van der Waals surface area contributed by atoms with Gasteiger partial charge in [-0.15, -0.1) is 0 Å². The first kappa shape index (κ1) is 16.9. The molecule has 0 N–H and O–H groups in total. The van der Waals surface area contributed by atoms with Crippen LogP contribution in [0.2, 0.25) is 0 Å². The third-order valence-electron chi connectivity index (χ3n) is 5.12. The minimum absolute atomic E-state index is 0.0999. The number of hydrogen-bond acceptors (Lipinski definition) is 4. The zero-order valence-electron chi connectivity index (χ0n) is 14.3. The van der Waals surface area contributed by atoms with Gasteiger partial charge in [0.15, 0.2) is 5.76 Å². The van der Waals surface area contributed by atoms with Crippen LogP contribution in [-0.4, -0.2) is 47.6 Å². The fraction of sp³-hybridized carbons (Fsp3) is 0.526. The summed E-state index contributed by atoms with van der Waals surface area (Å²) >= 11 is 1.88. The molecule has 0 saturated carbocycles. The van der Waals surface area contributed by atoms with Crippen LogP contribution in [-0.2, 0) is 4.74 Å². The second-order valence-corrected chi connectivity index (χ2v) is 7.96. The maximum atomic E-state index is 13.5. The maximum absolute atomic E-state index is 13.5. The predicted octanol–water partition coefficient (Wildman–Crippen LogP) is 4.01. The Balaban J connectivity index is 1.66. The molecule has 1 aromatic carbocycles. The first-order chi connectivity index (χ1) is 12.1. The lowest BCUT2D eigenvalue weighted by atomic mass is 10.1. The first-order valence-corrected chi connectivity index (χ1v) is 9.98. The molecule has 0 radical (unpaired) electrons. The van der Waals surface area contributed by atoms with Gasteiger partial charge in [-0.25, -0.2) is 4.39 Å². The first-order valence-electron chi connectivity index (χ1n) is 8.82. The summed E-state index contributed by atoms with van der Waals surface area (Å²) in [7, 11) is 0. The topological polar surface area (TPSA) is 42.7 Å². The van der Waals surface area contributed by atoms with Crippen molar-refractivity contribution in [1.82, 2.24) is 4.90 Å². The number of furan rings is 1. The van der Waals surface area contributed by atoms with E-state index in [0.717, 1.165) is 37.4 Å². The van der Waals surface area contributed by atoms with E-state index in [1.165, 1.54) is 12.1 Å². The maximum Gasteiger partial charge on any atom is 0.290 e. The summed E-state index contributed by atoms with van der Waals surface area (Å²) in [4.78, 5) is 15.2. The molecule has 6 heteroatoms. The number of hydrogen-bond donors (Lipinski definition) is 0. The Morgan fingerprint density at radius 2 is 2.28 bits per heavy atom. The second-order valence-electron chi connectivity index (χ2n) is 6.81. The lowest BCUT2D eigenvalue weighted by Crippen LogP contribution is -2.44. The van der Waals surface area contributed by atoms with Crippen molar-refractivity contribution in [2.45, 2.75) is 38.3 Å². The molecule has 2 saturated heterocycles. The van der Waals surface area contributed by atoms with Crippen molar-refractivity contribution < 1.29 is 18.3 Å². The number of rotatable bonds is 4. The molecule has 2 aliphatic heterocycles. The van der Waals surface area contributed by atoms with Crippen LogP contribution in [0.15, 0.2) is 22.6 Å². The smallest absolute Gasteiger partial charge is 0.290 e. The van der Waals surface area contributed by atoms with Gasteiger partial charge in [-0.1, -0.05) is 0 Å². The van der Waals surface area contributed by atoms with Gasteiger partial charge in [0.25, 0.3) is 5.91 Å². The van der Waals surface area contributed by atoms with Crippen LogP contribution in [0, 0.1) is 12.7 Å². The average molecular weight is 363 g/mol. The number of fused-ring (bicyclic) bond motifs is 1. The molecular formula is C19H22FNO3S. The van der Waals surface area contributed by atoms with Crippen molar-refractivity contribution in [2.24, 2.45) is 0 Å². The van der Waals surface area contributed by atoms with Gasteiger partial charge in [-0.3, -0.25) is 4.79 Å². The highest BCUT2D eigenvalue weighted by Gasteiger charge is 2.33. The van der Waals surface area contributed by atoms with Crippen molar-refractivity contribution in [3.63, 3.8) is 0 Å². The summed E-state index contributed by atoms with van der Waals surface area (Å²) in [6, 6.07) is 4.59. The molecule has 2 aliphatic rings. The van der Waals surface area contributed by atoms with Crippen LogP contribution in [0.5, 0.6) is 0 Å². The highest BCUT2D eigenvalue weighted by atomic mass is 32.2. The molecule has 1 aromatic heterocycles. The number of thioether (sulfide) groups is 1. The van der Waals surface area contributed by atoms with Crippen LogP contribution in [0.4, 0.5) is 4.39 Å². The highest BCUT2D eigenvalue weighted by Crippen LogP contribution is 2.30. The summed E-state index contributed by atoms with van der Waals surface area (Å²) in [5.41, 5.74) is 1.27. The average Bonchev–Trinajstić information content (AvgIpc) is 3.34. The number of carbonyl (C=O) groups is 1. The van der Waals surface area contributed by atoms with E-state index in [0.29, 0.717) is 28.8 Å². The number of carbonyl (C=O) groups excluding carboxylic acids is 1. The van der Waals surface area contributed by atoms with Gasteiger partial charge in [0.05, 0.1) is 6.10 Å². The van der Waals surface area contributed by atoms with E-state index >= 15 is 0 Å². The van der Waals surface area contributed by atoms with E-state index in [-0.39, 0.29) is 23.9 Å². The molecular weight excluding hydrogens is 341 g/mol. The van der Waals surface area contributed by atoms with Gasteiger partial charge >= 0.3 is 0 Å². The Morgan fingerprint density at radius 3 is 3.00 bits per heavy atom. The van der Waals surface area contributed by atoms with Crippen molar-refractivity contribution in [3.05, 3.63) is 35.3 Å². The number of nitrogens with zero attached hydrogens (tertiary/aromatic N) is 1.